The van der Waals surface area contributed by atoms with Gasteiger partial charge in [0.05, 0.1) is 0 Å². The van der Waals surface area contributed by atoms with E-state index in [9.17, 15) is 14.4 Å². The predicted octanol–water partition coefficient (Wildman–Crippen LogP) is 1.76. The van der Waals surface area contributed by atoms with Crippen LogP contribution in [0.4, 0.5) is 4.79 Å². The SMILES string of the molecule is Cc1ccc2cc(CC(NC(=O)OC(C)(C)C)C(N)=O)c(=O)[nH]c2c1. The Morgan fingerprint density at radius 1 is 1.28 bits per heavy atom. The van der Waals surface area contributed by atoms with Gasteiger partial charge in [-0.2, -0.15) is 0 Å². The summed E-state index contributed by atoms with van der Waals surface area (Å²) in [5, 5.41) is 3.25. The Morgan fingerprint density at radius 2 is 1.96 bits per heavy atom. The number of rotatable bonds is 4. The van der Waals surface area contributed by atoms with Gasteiger partial charge in [-0.25, -0.2) is 4.79 Å². The van der Waals surface area contributed by atoms with E-state index in [-0.39, 0.29) is 12.0 Å². The van der Waals surface area contributed by atoms with Crippen molar-refractivity contribution in [1.29, 1.82) is 0 Å². The number of aromatic amines is 1. The van der Waals surface area contributed by atoms with Crippen molar-refractivity contribution < 1.29 is 14.3 Å². The van der Waals surface area contributed by atoms with E-state index in [0.717, 1.165) is 10.9 Å². The van der Waals surface area contributed by atoms with Crippen LogP contribution in [0.25, 0.3) is 10.9 Å². The third-order valence-corrected chi connectivity index (χ3v) is 3.54. The molecule has 0 aliphatic carbocycles. The van der Waals surface area contributed by atoms with Crippen LogP contribution in [0.1, 0.15) is 31.9 Å². The number of amides is 2. The average Bonchev–Trinajstić information content (AvgIpc) is 2.45. The number of nitrogens with two attached hydrogens (primary N) is 1. The van der Waals surface area contributed by atoms with E-state index in [1.165, 1.54) is 0 Å². The number of pyridine rings is 1. The summed E-state index contributed by atoms with van der Waals surface area (Å²) >= 11 is 0. The minimum absolute atomic E-state index is 0.0201. The molecule has 25 heavy (non-hydrogen) atoms. The van der Waals surface area contributed by atoms with Crippen LogP contribution in [0.15, 0.2) is 29.1 Å². The van der Waals surface area contributed by atoms with Gasteiger partial charge in [0, 0.05) is 17.5 Å². The molecule has 0 spiro atoms. The van der Waals surface area contributed by atoms with Crippen LogP contribution < -0.4 is 16.6 Å². The Kier molecular flexibility index (Phi) is 5.15. The van der Waals surface area contributed by atoms with E-state index in [2.05, 4.69) is 10.3 Å². The quantitative estimate of drug-likeness (QED) is 0.783. The number of carbonyl (C=O) groups is 2. The molecule has 1 unspecified atom stereocenters. The van der Waals surface area contributed by atoms with Crippen LogP contribution in [0.3, 0.4) is 0 Å². The highest BCUT2D eigenvalue weighted by atomic mass is 16.6. The van der Waals surface area contributed by atoms with Gasteiger partial charge < -0.3 is 20.8 Å². The number of alkyl carbamates (subject to hydrolysis) is 1. The highest BCUT2D eigenvalue weighted by Crippen LogP contribution is 2.14. The van der Waals surface area contributed by atoms with Crippen molar-refractivity contribution in [1.82, 2.24) is 10.3 Å². The number of nitrogens with one attached hydrogen (secondary N) is 2. The molecule has 1 aromatic carbocycles. The summed E-state index contributed by atoms with van der Waals surface area (Å²) in [7, 11) is 0. The number of ether oxygens (including phenoxy) is 1. The molecule has 0 saturated heterocycles. The maximum absolute atomic E-state index is 12.3. The summed E-state index contributed by atoms with van der Waals surface area (Å²) in [5.41, 5.74) is 6.43. The molecule has 1 heterocycles. The number of hydrogen-bond donors (Lipinski definition) is 3. The minimum atomic E-state index is -1.04. The van der Waals surface area contributed by atoms with Crippen LogP contribution in [-0.2, 0) is 16.0 Å². The lowest BCUT2D eigenvalue weighted by Crippen LogP contribution is -2.48. The Morgan fingerprint density at radius 3 is 2.56 bits per heavy atom. The van der Waals surface area contributed by atoms with Gasteiger partial charge in [-0.15, -0.1) is 0 Å². The molecule has 0 saturated carbocycles. The summed E-state index contributed by atoms with van der Waals surface area (Å²) in [6.45, 7) is 7.06. The smallest absolute Gasteiger partial charge is 0.408 e. The van der Waals surface area contributed by atoms with Crippen molar-refractivity contribution >= 4 is 22.9 Å². The second-order valence-electron chi connectivity index (χ2n) is 7.02. The van der Waals surface area contributed by atoms with Crippen LogP contribution in [0, 0.1) is 6.92 Å². The number of aromatic nitrogens is 1. The fourth-order valence-electron chi connectivity index (χ4n) is 2.40. The first-order valence-electron chi connectivity index (χ1n) is 7.96. The van der Waals surface area contributed by atoms with Gasteiger partial charge in [-0.3, -0.25) is 9.59 Å². The lowest BCUT2D eigenvalue weighted by atomic mass is 10.0. The molecular weight excluding hydrogens is 322 g/mol. The normalized spacial score (nSPS) is 12.6. The maximum atomic E-state index is 12.3. The lowest BCUT2D eigenvalue weighted by Gasteiger charge is -2.22. The molecule has 2 aromatic rings. The van der Waals surface area contributed by atoms with Gasteiger partial charge in [0.1, 0.15) is 11.6 Å². The topological polar surface area (TPSA) is 114 Å². The van der Waals surface area contributed by atoms with Crippen molar-refractivity contribution in [3.05, 3.63) is 45.7 Å². The lowest BCUT2D eigenvalue weighted by molar-refractivity contribution is -0.120. The van der Waals surface area contributed by atoms with Crippen LogP contribution >= 0.6 is 0 Å². The number of H-pyrrole nitrogens is 1. The molecule has 2 amide bonds. The third-order valence-electron chi connectivity index (χ3n) is 3.54. The van der Waals surface area contributed by atoms with Crippen LogP contribution in [0.2, 0.25) is 0 Å². The zero-order valence-electron chi connectivity index (χ0n) is 14.8. The molecule has 1 aromatic heterocycles. The molecule has 2 rings (SSSR count). The summed E-state index contributed by atoms with van der Waals surface area (Å²) in [5.74, 6) is -0.741. The molecule has 1 atom stereocenters. The van der Waals surface area contributed by atoms with Gasteiger partial charge in [0.25, 0.3) is 5.56 Å². The first-order valence-corrected chi connectivity index (χ1v) is 7.96. The van der Waals surface area contributed by atoms with Crippen LogP contribution in [-0.4, -0.2) is 28.6 Å². The van der Waals surface area contributed by atoms with Gasteiger partial charge in [0.15, 0.2) is 0 Å². The molecular formula is C18H23N3O4. The second-order valence-corrected chi connectivity index (χ2v) is 7.02. The van der Waals surface area contributed by atoms with Crippen molar-refractivity contribution in [3.63, 3.8) is 0 Å². The molecule has 134 valence electrons. The minimum Gasteiger partial charge on any atom is -0.444 e. The average molecular weight is 345 g/mol. The van der Waals surface area contributed by atoms with Gasteiger partial charge in [0.2, 0.25) is 5.91 Å². The Labute approximate surface area is 145 Å². The predicted molar refractivity (Wildman–Crippen MR) is 95.4 cm³/mol. The molecule has 0 bridgehead atoms. The number of primary amides is 1. The maximum Gasteiger partial charge on any atom is 0.408 e. The summed E-state index contributed by atoms with van der Waals surface area (Å²) in [6.07, 6.45) is -0.780. The number of carbonyl (C=O) groups excluding carboxylic acids is 2. The summed E-state index contributed by atoms with van der Waals surface area (Å²) in [6, 6.07) is 6.32. The van der Waals surface area contributed by atoms with Gasteiger partial charge in [-0.1, -0.05) is 12.1 Å². The molecule has 7 nitrogen and oxygen atoms in total. The fraction of sp³-hybridized carbons (Fsp3) is 0.389. The Balaban J connectivity index is 2.25. The number of aryl methyl sites for hydroxylation is 1. The molecule has 0 aliphatic heterocycles. The highest BCUT2D eigenvalue weighted by Gasteiger charge is 2.24. The highest BCUT2D eigenvalue weighted by molar-refractivity contribution is 5.85. The number of benzene rings is 1. The van der Waals surface area contributed by atoms with E-state index in [1.54, 1.807) is 26.8 Å². The fourth-order valence-corrected chi connectivity index (χ4v) is 2.40. The monoisotopic (exact) mass is 345 g/mol. The molecule has 0 aliphatic rings. The van der Waals surface area contributed by atoms with Crippen molar-refractivity contribution in [2.24, 2.45) is 5.73 Å². The van der Waals surface area contributed by atoms with Crippen molar-refractivity contribution in [2.75, 3.05) is 0 Å². The number of fused-ring (bicyclic) bond motifs is 1. The number of hydrogen-bond acceptors (Lipinski definition) is 4. The van der Waals surface area contributed by atoms with Crippen molar-refractivity contribution in [3.8, 4) is 0 Å². The van der Waals surface area contributed by atoms with E-state index in [1.807, 2.05) is 25.1 Å². The zero-order valence-corrected chi connectivity index (χ0v) is 14.8. The van der Waals surface area contributed by atoms with Gasteiger partial charge >= 0.3 is 6.09 Å². The van der Waals surface area contributed by atoms with E-state index in [0.29, 0.717) is 11.1 Å². The molecule has 0 radical (unpaired) electrons. The Hall–Kier alpha value is -2.83. The first kappa shape index (κ1) is 18.5. The molecule has 0 fully saturated rings. The Bertz CT molecular complexity index is 865. The molecule has 4 N–H and O–H groups in total. The largest absolute Gasteiger partial charge is 0.444 e. The summed E-state index contributed by atoms with van der Waals surface area (Å²) in [4.78, 5) is 38.6. The first-order chi connectivity index (χ1) is 11.5. The van der Waals surface area contributed by atoms with Crippen LogP contribution in [0.5, 0.6) is 0 Å². The standard InChI is InChI=1S/C18H23N3O4/c1-10-5-6-11-8-12(16(23)20-13(11)7-10)9-14(15(19)22)21-17(24)25-18(2,3)4/h5-8,14H,9H2,1-4H3,(H2,19,22)(H,20,23)(H,21,24). The van der Waals surface area contributed by atoms with Gasteiger partial charge in [-0.05, 0) is 50.8 Å². The third kappa shape index (κ3) is 5.07. The second kappa shape index (κ2) is 6.96. The van der Waals surface area contributed by atoms with Crippen molar-refractivity contribution in [2.45, 2.75) is 45.8 Å². The van der Waals surface area contributed by atoms with E-state index >= 15 is 0 Å². The van der Waals surface area contributed by atoms with E-state index in [4.69, 9.17) is 10.5 Å². The van der Waals surface area contributed by atoms with E-state index < -0.39 is 23.6 Å². The summed E-state index contributed by atoms with van der Waals surface area (Å²) < 4.78 is 5.13. The molecule has 7 heteroatoms. The zero-order chi connectivity index (χ0) is 18.8.